The van der Waals surface area contributed by atoms with Crippen LogP contribution in [0.4, 0.5) is 0 Å². The van der Waals surface area contributed by atoms with Crippen molar-refractivity contribution < 1.29 is 28.6 Å². The van der Waals surface area contributed by atoms with Crippen molar-refractivity contribution in [2.24, 2.45) is 81.3 Å². The molecule has 75 heavy (non-hydrogen) atoms. The van der Waals surface area contributed by atoms with E-state index < -0.39 is 0 Å². The van der Waals surface area contributed by atoms with Gasteiger partial charge in [-0.15, -0.1) is 0 Å². The summed E-state index contributed by atoms with van der Waals surface area (Å²) in [6.45, 7) is 34.1. The van der Waals surface area contributed by atoms with E-state index in [1.165, 1.54) is 102 Å². The van der Waals surface area contributed by atoms with Crippen molar-refractivity contribution in [1.82, 2.24) is 0 Å². The Bertz CT molecular complexity index is 1460. The molecule has 4 bridgehead atoms. The van der Waals surface area contributed by atoms with Crippen LogP contribution in [0.15, 0.2) is 11.6 Å². The topological polar surface area (TPSA) is 78.9 Å². The molecular formula is C69H126O6. The monoisotopic (exact) mass is 1050 g/mol. The van der Waals surface area contributed by atoms with Gasteiger partial charge in [0.25, 0.3) is 0 Å². The van der Waals surface area contributed by atoms with Gasteiger partial charge in [-0.2, -0.15) is 0 Å². The fourth-order valence-corrected chi connectivity index (χ4v) is 15.8. The Balaban J connectivity index is 1.73. The van der Waals surface area contributed by atoms with Crippen molar-refractivity contribution in [1.29, 1.82) is 0 Å². The van der Waals surface area contributed by atoms with Crippen LogP contribution in [0.3, 0.4) is 0 Å². The zero-order valence-electron chi connectivity index (χ0n) is 52.3. The lowest BCUT2D eigenvalue weighted by molar-refractivity contribution is -0.182. The molecule has 6 atom stereocenters. The molecule has 0 N–H and O–H groups in total. The number of carbonyl (C=O) groups is 3. The summed E-state index contributed by atoms with van der Waals surface area (Å²) in [5, 5.41) is 0. The Kier molecular flexibility index (Phi) is 32.1. The van der Waals surface area contributed by atoms with E-state index in [9.17, 15) is 14.4 Å². The van der Waals surface area contributed by atoms with Crippen LogP contribution < -0.4 is 0 Å². The second-order valence-electron chi connectivity index (χ2n) is 29.1. The Labute approximate surface area is 466 Å². The van der Waals surface area contributed by atoms with Crippen LogP contribution in [0.5, 0.6) is 0 Å². The molecular weight excluding hydrogens is 925 g/mol. The Hall–Kier alpha value is -1.85. The molecule has 0 aromatic carbocycles. The number of unbranched alkanes of at least 4 members (excludes halogenated alkanes) is 1. The average molecular weight is 1050 g/mol. The second-order valence-corrected chi connectivity index (χ2v) is 29.1. The lowest BCUT2D eigenvalue weighted by Gasteiger charge is -2.67. The maximum atomic E-state index is 13.9. The van der Waals surface area contributed by atoms with E-state index in [-0.39, 0.29) is 34.2 Å². The number of carbonyl (C=O) groups excluding carboxylic acids is 3. The third-order valence-corrected chi connectivity index (χ3v) is 18.9. The number of ether oxygens (including phenoxy) is 3. The molecule has 0 saturated heterocycles. The van der Waals surface area contributed by atoms with Gasteiger partial charge in [0.1, 0.15) is 0 Å². The third-order valence-electron chi connectivity index (χ3n) is 18.9. The summed E-state index contributed by atoms with van der Waals surface area (Å²) < 4.78 is 18.8. The Morgan fingerprint density at radius 1 is 0.440 bits per heavy atom. The summed E-state index contributed by atoms with van der Waals surface area (Å²) in [6.07, 6.45) is 38.3. The normalized spacial score (nSPS) is 24.0. The van der Waals surface area contributed by atoms with Crippen LogP contribution in [0.1, 0.15) is 309 Å². The largest absolute Gasteiger partial charge is 0.466 e. The van der Waals surface area contributed by atoms with Crippen LogP contribution in [0.2, 0.25) is 0 Å². The summed E-state index contributed by atoms with van der Waals surface area (Å²) in [5.74, 6) is 6.70. The highest BCUT2D eigenvalue weighted by Crippen LogP contribution is 2.72. The predicted molar refractivity (Wildman–Crippen MR) is 318 cm³/mol. The maximum Gasteiger partial charge on any atom is 0.306 e. The minimum absolute atomic E-state index is 0.00254. The van der Waals surface area contributed by atoms with E-state index in [1.54, 1.807) is 0 Å². The molecule has 6 unspecified atom stereocenters. The van der Waals surface area contributed by atoms with Crippen molar-refractivity contribution in [3.05, 3.63) is 11.6 Å². The molecule has 0 aromatic rings. The number of allylic oxidation sites excluding steroid dienone is 2. The third kappa shape index (κ3) is 28.2. The van der Waals surface area contributed by atoms with E-state index >= 15 is 0 Å². The van der Waals surface area contributed by atoms with Gasteiger partial charge in [-0.25, -0.2) is 0 Å². The van der Waals surface area contributed by atoms with Crippen molar-refractivity contribution in [2.75, 3.05) is 19.8 Å². The molecule has 438 valence electrons. The van der Waals surface area contributed by atoms with Crippen LogP contribution in [-0.2, 0) is 28.6 Å². The lowest BCUT2D eigenvalue weighted by atomic mass is 9.38. The van der Waals surface area contributed by atoms with Gasteiger partial charge in [0, 0.05) is 19.3 Å². The molecule has 4 rings (SSSR count). The van der Waals surface area contributed by atoms with Gasteiger partial charge in [-0.1, -0.05) is 186 Å². The van der Waals surface area contributed by atoms with E-state index in [2.05, 4.69) is 103 Å². The highest BCUT2D eigenvalue weighted by Gasteiger charge is 2.62. The van der Waals surface area contributed by atoms with Gasteiger partial charge in [0.15, 0.2) is 0 Å². The summed E-state index contributed by atoms with van der Waals surface area (Å²) in [5.41, 5.74) is 1.78. The van der Waals surface area contributed by atoms with E-state index in [0.29, 0.717) is 80.5 Å². The van der Waals surface area contributed by atoms with Crippen molar-refractivity contribution >= 4 is 17.9 Å². The van der Waals surface area contributed by atoms with E-state index in [4.69, 9.17) is 14.2 Å². The second kappa shape index (κ2) is 35.7. The van der Waals surface area contributed by atoms with Crippen LogP contribution >= 0.6 is 0 Å². The highest BCUT2D eigenvalue weighted by molar-refractivity contribution is 5.70. The molecule has 4 aliphatic carbocycles. The molecule has 0 aliphatic heterocycles. The molecule has 4 saturated carbocycles. The minimum atomic E-state index is -0.0538. The quantitative estimate of drug-likeness (QED) is 0.0262. The Morgan fingerprint density at radius 3 is 1.07 bits per heavy atom. The molecule has 4 aliphatic rings. The van der Waals surface area contributed by atoms with Crippen molar-refractivity contribution in [2.45, 2.75) is 309 Å². The first kappa shape index (κ1) is 67.4. The van der Waals surface area contributed by atoms with E-state index in [0.717, 1.165) is 120 Å². The summed E-state index contributed by atoms with van der Waals surface area (Å²) >= 11 is 0. The molecule has 4 fully saturated rings. The van der Waals surface area contributed by atoms with Crippen LogP contribution in [0.25, 0.3) is 0 Å². The molecule has 0 radical (unpaired) electrons. The van der Waals surface area contributed by atoms with Crippen LogP contribution in [-0.4, -0.2) is 37.7 Å². The number of rotatable bonds is 44. The molecule has 0 heterocycles. The molecule has 0 amide bonds. The number of hydrogen-bond acceptors (Lipinski definition) is 6. The lowest BCUT2D eigenvalue weighted by Crippen LogP contribution is -2.57. The molecule has 6 heteroatoms. The van der Waals surface area contributed by atoms with Gasteiger partial charge in [0.05, 0.1) is 19.8 Å². The molecule has 0 aromatic heterocycles. The SMILES string of the molecule is CCC=C(CC)CCCCC(=O)OCCC12CC3CC(CCOC(=O)CC(CC(C)CCCC(C)C)CC(C)CCCC(C)C)(C1)CC(CCOC(=O)CC(CC(C)CCCC(C)C)CC(C)CCCC(C)C)(C3)C2. The van der Waals surface area contributed by atoms with Gasteiger partial charge >= 0.3 is 17.9 Å². The van der Waals surface area contributed by atoms with E-state index in [1.807, 2.05) is 0 Å². The van der Waals surface area contributed by atoms with Gasteiger partial charge < -0.3 is 14.2 Å². The van der Waals surface area contributed by atoms with Crippen molar-refractivity contribution in [3.8, 4) is 0 Å². The van der Waals surface area contributed by atoms with Gasteiger partial charge in [-0.3, -0.25) is 14.4 Å². The zero-order valence-corrected chi connectivity index (χ0v) is 52.3. The molecule has 0 spiro atoms. The highest BCUT2D eigenvalue weighted by atomic mass is 16.5. The smallest absolute Gasteiger partial charge is 0.306 e. The number of esters is 3. The fraction of sp³-hybridized carbons (Fsp3) is 0.928. The van der Waals surface area contributed by atoms with Crippen molar-refractivity contribution in [3.63, 3.8) is 0 Å². The Morgan fingerprint density at radius 2 is 0.760 bits per heavy atom. The minimum Gasteiger partial charge on any atom is -0.466 e. The standard InChI is InChI=1S/C69H126O6/c1-15-23-60(16-2)32-17-18-33-64(70)73-37-34-67-46-63-47-68(49-67,35-38-74-65(71)44-61(40-56(11)28-19-24-52(3)4)41-57(12)29-20-25-53(5)6)51-69(48-63,50-67)36-39-75-66(72)45-62(42-58(13)30-21-26-54(7)8)43-59(14)31-22-27-55(9)10/h23,52-59,61-63H,15-22,24-51H2,1-14H3. The first-order chi connectivity index (χ1) is 35.6. The summed E-state index contributed by atoms with van der Waals surface area (Å²) in [4.78, 5) is 41.0. The first-order valence-electron chi connectivity index (χ1n) is 32.7. The van der Waals surface area contributed by atoms with Crippen LogP contribution in [0, 0.1) is 81.3 Å². The van der Waals surface area contributed by atoms with Gasteiger partial charge in [0.2, 0.25) is 0 Å². The van der Waals surface area contributed by atoms with Gasteiger partial charge in [-0.05, 0) is 197 Å². The molecule has 6 nitrogen and oxygen atoms in total. The first-order valence-corrected chi connectivity index (χ1v) is 32.7. The average Bonchev–Trinajstić information content (AvgIpc) is 3.28. The number of hydrogen-bond donors (Lipinski definition) is 0. The summed E-state index contributed by atoms with van der Waals surface area (Å²) in [6, 6.07) is 0. The maximum absolute atomic E-state index is 13.9. The fourth-order valence-electron chi connectivity index (χ4n) is 15.8. The zero-order chi connectivity index (χ0) is 55.4. The predicted octanol–water partition coefficient (Wildman–Crippen LogP) is 20.5. The summed E-state index contributed by atoms with van der Waals surface area (Å²) in [7, 11) is 0.